The van der Waals surface area contributed by atoms with Gasteiger partial charge in [0.25, 0.3) is 0 Å². The third-order valence-corrected chi connectivity index (χ3v) is 10.5. The average molecular weight is 740 g/mol. The first-order chi connectivity index (χ1) is 24.0. The number of amides is 4. The van der Waals surface area contributed by atoms with E-state index in [0.29, 0.717) is 44.9 Å². The highest BCUT2D eigenvalue weighted by molar-refractivity contribution is 7.99. The molecule has 2 aromatic heterocycles. The maximum atomic E-state index is 14.3. The summed E-state index contributed by atoms with van der Waals surface area (Å²) in [5.41, 5.74) is 14.4. The minimum absolute atomic E-state index is 0.0611. The summed E-state index contributed by atoms with van der Waals surface area (Å²) in [7, 11) is 1.55. The zero-order valence-corrected chi connectivity index (χ0v) is 29.8. The molecular weight excluding hydrogens is 699 g/mol. The number of hydrogen-bond donors (Lipinski definition) is 6. The Labute approximate surface area is 304 Å². The summed E-state index contributed by atoms with van der Waals surface area (Å²) in [5, 5.41) is 11.3. The number of pyridine rings is 1. The van der Waals surface area contributed by atoms with Gasteiger partial charge in [-0.15, -0.1) is 0 Å². The molecule has 5 rings (SSSR count). The second-order valence-corrected chi connectivity index (χ2v) is 14.0. The van der Waals surface area contributed by atoms with Crippen LogP contribution in [0.4, 0.5) is 0 Å². The zero-order chi connectivity index (χ0) is 35.8. The maximum absolute atomic E-state index is 14.3. The van der Waals surface area contributed by atoms with Gasteiger partial charge in [0.2, 0.25) is 23.6 Å². The van der Waals surface area contributed by atoms with Crippen LogP contribution in [0.5, 0.6) is 0 Å². The number of hydrogen-bond acceptors (Lipinski definition) is 8. The summed E-state index contributed by atoms with van der Waals surface area (Å²) in [5.74, 6) is -2.15. The number of likely N-dealkylation sites (N-methyl/N-ethyl adjacent to an activating group) is 1. The van der Waals surface area contributed by atoms with Crippen molar-refractivity contribution in [3.05, 3.63) is 87.7 Å². The number of nitrogens with two attached hydrogens (primary N) is 2. The zero-order valence-electron chi connectivity index (χ0n) is 27.5. The van der Waals surface area contributed by atoms with Crippen LogP contribution in [-0.4, -0.2) is 70.2 Å². The summed E-state index contributed by atoms with van der Waals surface area (Å²) in [6, 6.07) is 11.6. The monoisotopic (exact) mass is 738 g/mol. The molecule has 0 spiro atoms. The minimum Gasteiger partial charge on any atom is -0.370 e. The van der Waals surface area contributed by atoms with Gasteiger partial charge >= 0.3 is 0 Å². The van der Waals surface area contributed by atoms with Crippen molar-refractivity contribution >= 4 is 69.5 Å². The van der Waals surface area contributed by atoms with Gasteiger partial charge in [-0.1, -0.05) is 59.2 Å². The molecule has 3 heterocycles. The molecule has 0 radical (unpaired) electrons. The Morgan fingerprint density at radius 3 is 2.60 bits per heavy atom. The number of aromatic nitrogens is 2. The second kappa shape index (κ2) is 17.2. The lowest BCUT2D eigenvalue weighted by atomic mass is 10.0. The first-order valence-corrected chi connectivity index (χ1v) is 17.8. The Kier molecular flexibility index (Phi) is 12.8. The number of para-hydroxylation sites is 1. The molecule has 50 heavy (non-hydrogen) atoms. The maximum Gasteiger partial charge on any atom is 0.245 e. The van der Waals surface area contributed by atoms with E-state index < -0.39 is 41.8 Å². The molecule has 3 atom stereocenters. The number of benzene rings is 2. The second-order valence-electron chi connectivity index (χ2n) is 12.1. The topological polar surface area (TPSA) is 188 Å². The van der Waals surface area contributed by atoms with Gasteiger partial charge in [0.05, 0.1) is 17.5 Å². The lowest BCUT2D eigenvalue weighted by molar-refractivity contribution is -0.142. The van der Waals surface area contributed by atoms with E-state index in [9.17, 15) is 19.2 Å². The third kappa shape index (κ3) is 9.15. The van der Waals surface area contributed by atoms with Gasteiger partial charge in [-0.05, 0) is 66.8 Å². The van der Waals surface area contributed by atoms with Crippen molar-refractivity contribution < 1.29 is 19.2 Å². The molecule has 0 bridgehead atoms. The molecule has 1 aliphatic rings. The van der Waals surface area contributed by atoms with Crippen molar-refractivity contribution in [1.29, 1.82) is 0 Å². The summed E-state index contributed by atoms with van der Waals surface area (Å²) in [6.07, 6.45) is 4.77. The van der Waals surface area contributed by atoms with Gasteiger partial charge in [0, 0.05) is 59.8 Å². The van der Waals surface area contributed by atoms with Crippen molar-refractivity contribution in [2.75, 3.05) is 13.6 Å². The first kappa shape index (κ1) is 37.1. The molecule has 0 fully saturated rings. The molecular formula is C35H40Cl2N8O4S. The van der Waals surface area contributed by atoms with Crippen molar-refractivity contribution in [3.8, 4) is 0 Å². The Hall–Kier alpha value is -4.14. The van der Waals surface area contributed by atoms with Crippen LogP contribution in [0.25, 0.3) is 10.9 Å². The van der Waals surface area contributed by atoms with Gasteiger partial charge in [-0.3, -0.25) is 19.2 Å². The lowest BCUT2D eigenvalue weighted by Gasteiger charge is -2.32. The number of unbranched alkanes of at least 4 members (excludes halogenated alkanes) is 1. The summed E-state index contributed by atoms with van der Waals surface area (Å²) in [6.45, 7) is 0.617. The van der Waals surface area contributed by atoms with Crippen LogP contribution < -0.4 is 27.4 Å². The molecule has 0 saturated carbocycles. The van der Waals surface area contributed by atoms with Gasteiger partial charge in [0.15, 0.2) is 0 Å². The molecule has 0 aliphatic carbocycles. The molecule has 0 saturated heterocycles. The summed E-state index contributed by atoms with van der Waals surface area (Å²) in [4.78, 5) is 64.2. The molecule has 4 amide bonds. The first-order valence-electron chi connectivity index (χ1n) is 16.3. The normalized spacial score (nSPS) is 19.3. The van der Waals surface area contributed by atoms with Crippen molar-refractivity contribution in [3.63, 3.8) is 0 Å². The lowest BCUT2D eigenvalue weighted by Crippen LogP contribution is -2.57. The van der Waals surface area contributed by atoms with E-state index in [-0.39, 0.29) is 32.4 Å². The number of H-pyrrole nitrogens is 1. The van der Waals surface area contributed by atoms with Gasteiger partial charge in [-0.25, -0.2) is 4.98 Å². The highest BCUT2D eigenvalue weighted by atomic mass is 35.5. The fourth-order valence-electron chi connectivity index (χ4n) is 5.93. The van der Waals surface area contributed by atoms with Crippen LogP contribution in [0, 0.1) is 0 Å². The highest BCUT2D eigenvalue weighted by Gasteiger charge is 2.34. The quantitative estimate of drug-likeness (QED) is 0.148. The smallest absolute Gasteiger partial charge is 0.245 e. The van der Waals surface area contributed by atoms with Crippen LogP contribution in [0.2, 0.25) is 10.0 Å². The highest BCUT2D eigenvalue weighted by Crippen LogP contribution is 2.38. The number of carbonyl (C=O) groups excluding carboxylic acids is 4. The Morgan fingerprint density at radius 1 is 1.02 bits per heavy atom. The van der Waals surface area contributed by atoms with Gasteiger partial charge in [-0.2, -0.15) is 0 Å². The van der Waals surface area contributed by atoms with Crippen molar-refractivity contribution in [2.24, 2.45) is 11.5 Å². The minimum atomic E-state index is -1.06. The van der Waals surface area contributed by atoms with E-state index >= 15 is 0 Å². The van der Waals surface area contributed by atoms with E-state index in [1.165, 1.54) is 16.7 Å². The number of halogens is 2. The Balaban J connectivity index is 1.58. The summed E-state index contributed by atoms with van der Waals surface area (Å²) < 4.78 is 0. The van der Waals surface area contributed by atoms with Gasteiger partial charge < -0.3 is 37.3 Å². The molecule has 0 unspecified atom stereocenters. The largest absolute Gasteiger partial charge is 0.370 e. The molecule has 2 aromatic carbocycles. The molecule has 264 valence electrons. The third-order valence-electron chi connectivity index (χ3n) is 8.62. The number of primary amides is 1. The standard InChI is InChI=1S/C35H40Cl2N8O4S/c1-45-29(14-21-18-41-26-9-3-2-8-24(21)26)33(48)43-19-22-13-23(36)15-25(37)31(22)50-34-20(7-6-12-40-34)17-42-28(16-30(39)46)32(47)44-27(35(45)49)10-4-5-11-38/h2-3,6-9,12-13,15,18,27-29,41-42H,4-5,10-11,14,16-17,19,38H2,1H3,(H2,39,46)(H,43,48)(H,44,47)/t27-,28-,29-/m0/s1. The Morgan fingerprint density at radius 2 is 1.82 bits per heavy atom. The fraction of sp³-hybridized carbons (Fsp3) is 0.343. The molecule has 4 aromatic rings. The number of rotatable bonds is 8. The van der Waals surface area contributed by atoms with Crippen LogP contribution in [0.1, 0.15) is 42.4 Å². The van der Waals surface area contributed by atoms with Crippen molar-refractivity contribution in [1.82, 2.24) is 30.8 Å². The van der Waals surface area contributed by atoms with E-state index in [1.54, 1.807) is 31.4 Å². The Bertz CT molecular complexity index is 1870. The predicted octanol–water partition coefficient (Wildman–Crippen LogP) is 3.67. The number of nitrogens with zero attached hydrogens (tertiary/aromatic N) is 2. The van der Waals surface area contributed by atoms with E-state index in [1.807, 2.05) is 36.5 Å². The van der Waals surface area contributed by atoms with Crippen molar-refractivity contribution in [2.45, 2.75) is 73.2 Å². The van der Waals surface area contributed by atoms with Crippen LogP contribution in [0.3, 0.4) is 0 Å². The molecule has 12 nitrogen and oxygen atoms in total. The summed E-state index contributed by atoms with van der Waals surface area (Å²) >= 11 is 14.5. The number of fused-ring (bicyclic) bond motifs is 3. The van der Waals surface area contributed by atoms with E-state index in [2.05, 4.69) is 25.9 Å². The van der Waals surface area contributed by atoms with E-state index in [4.69, 9.17) is 34.7 Å². The van der Waals surface area contributed by atoms with Crippen LogP contribution >= 0.6 is 35.0 Å². The van der Waals surface area contributed by atoms with Crippen LogP contribution in [-0.2, 0) is 38.7 Å². The number of nitrogens with one attached hydrogen (secondary N) is 4. The van der Waals surface area contributed by atoms with Gasteiger partial charge in [0.1, 0.15) is 17.1 Å². The number of carbonyl (C=O) groups is 4. The van der Waals surface area contributed by atoms with Crippen LogP contribution in [0.15, 0.2) is 70.8 Å². The predicted molar refractivity (Wildman–Crippen MR) is 195 cm³/mol. The average Bonchev–Trinajstić information content (AvgIpc) is 3.50. The molecule has 1 aliphatic heterocycles. The van der Waals surface area contributed by atoms with E-state index in [0.717, 1.165) is 22.0 Å². The fourth-order valence-corrected chi connectivity index (χ4v) is 7.58. The SMILES string of the molecule is CN1C(=O)[C@H](CCCCN)NC(=O)[C@H](CC(N)=O)NCc2cccnc2Sc2c(Cl)cc(Cl)cc2CNC(=O)[C@@H]1Cc1c[nH]c2ccccc12. The molecule has 15 heteroatoms. The number of aromatic amines is 1. The molecule has 8 N–H and O–H groups in total.